The van der Waals surface area contributed by atoms with Gasteiger partial charge in [0.1, 0.15) is 7.05 Å². The normalized spacial score (nSPS) is 10.8. The van der Waals surface area contributed by atoms with Gasteiger partial charge in [0.15, 0.2) is 6.20 Å². The lowest BCUT2D eigenvalue weighted by Gasteiger charge is -2.06. The van der Waals surface area contributed by atoms with Crippen molar-refractivity contribution in [2.75, 3.05) is 0 Å². The third-order valence-electron chi connectivity index (χ3n) is 3.18. The molecule has 2 heteroatoms. The Morgan fingerprint density at radius 1 is 0.889 bits per heavy atom. The fourth-order valence-electron chi connectivity index (χ4n) is 2.30. The van der Waals surface area contributed by atoms with Gasteiger partial charge in [-0.2, -0.15) is 0 Å². The molecule has 0 bridgehead atoms. The van der Waals surface area contributed by atoms with Crippen LogP contribution in [0.5, 0.6) is 0 Å². The monoisotopic (exact) mass is 346 g/mol. The quantitative estimate of drug-likeness (QED) is 0.464. The second-order valence-electron chi connectivity index (χ2n) is 4.34. The molecule has 0 aliphatic heterocycles. The number of rotatable bonds is 1. The van der Waals surface area contributed by atoms with Gasteiger partial charge in [-0.25, -0.2) is 4.57 Å². The number of fused-ring (bicyclic) bond motifs is 1. The van der Waals surface area contributed by atoms with Crippen LogP contribution >= 0.6 is 22.6 Å². The average Bonchev–Trinajstić information content (AvgIpc) is 2.40. The minimum atomic E-state index is 1.28. The maximum atomic E-state index is 2.40. The minimum Gasteiger partial charge on any atom is -0.200 e. The molecule has 3 aromatic rings. The van der Waals surface area contributed by atoms with Gasteiger partial charge >= 0.3 is 0 Å². The van der Waals surface area contributed by atoms with E-state index in [1.807, 2.05) is 0 Å². The van der Waals surface area contributed by atoms with Crippen molar-refractivity contribution in [1.82, 2.24) is 0 Å². The van der Waals surface area contributed by atoms with Crippen LogP contribution in [0.1, 0.15) is 0 Å². The molecule has 0 atom stereocenters. The molecule has 0 radical (unpaired) electrons. The summed E-state index contributed by atoms with van der Waals surface area (Å²) in [5, 5.41) is 2.58. The van der Waals surface area contributed by atoms with Gasteiger partial charge in [-0.3, -0.25) is 0 Å². The van der Waals surface area contributed by atoms with E-state index in [0.29, 0.717) is 0 Å². The number of pyridine rings is 1. The highest BCUT2D eigenvalue weighted by atomic mass is 127. The Bertz CT molecular complexity index is 719. The van der Waals surface area contributed by atoms with E-state index in [0.717, 1.165) is 0 Å². The molecule has 1 aromatic heterocycles. The van der Waals surface area contributed by atoms with E-state index in [4.69, 9.17) is 0 Å². The van der Waals surface area contributed by atoms with Crippen LogP contribution in [0.25, 0.3) is 22.0 Å². The van der Waals surface area contributed by atoms with E-state index in [-0.39, 0.29) is 0 Å². The molecule has 0 unspecified atom stereocenters. The molecule has 88 valence electrons. The van der Waals surface area contributed by atoms with Crippen molar-refractivity contribution in [3.63, 3.8) is 0 Å². The molecule has 0 aliphatic carbocycles. The zero-order valence-corrected chi connectivity index (χ0v) is 12.3. The summed E-state index contributed by atoms with van der Waals surface area (Å²) in [7, 11) is 2.10. The Morgan fingerprint density at radius 3 is 2.44 bits per heavy atom. The van der Waals surface area contributed by atoms with Gasteiger partial charge in [0, 0.05) is 9.64 Å². The first-order valence-electron chi connectivity index (χ1n) is 5.89. The lowest BCUT2D eigenvalue weighted by atomic mass is 10.0. The van der Waals surface area contributed by atoms with Gasteiger partial charge in [-0.05, 0) is 46.2 Å². The summed E-state index contributed by atoms with van der Waals surface area (Å²) in [5.41, 5.74) is 2.57. The molecule has 18 heavy (non-hydrogen) atoms. The number of aryl methyl sites for hydroxylation is 1. The first kappa shape index (κ1) is 11.7. The summed E-state index contributed by atoms with van der Waals surface area (Å²) in [6.45, 7) is 0. The Balaban J connectivity index is 2.42. The fourth-order valence-corrected chi connectivity index (χ4v) is 2.95. The number of benzene rings is 2. The predicted octanol–water partition coefficient (Wildman–Crippen LogP) is 3.94. The van der Waals surface area contributed by atoms with Gasteiger partial charge < -0.3 is 0 Å². The van der Waals surface area contributed by atoms with E-state index in [1.54, 1.807) is 0 Å². The Morgan fingerprint density at radius 2 is 1.61 bits per heavy atom. The third kappa shape index (κ3) is 1.90. The van der Waals surface area contributed by atoms with Gasteiger partial charge in [-0.1, -0.05) is 30.3 Å². The molecule has 0 fully saturated rings. The van der Waals surface area contributed by atoms with Crippen molar-refractivity contribution in [1.29, 1.82) is 0 Å². The van der Waals surface area contributed by atoms with E-state index >= 15 is 0 Å². The van der Waals surface area contributed by atoms with E-state index in [9.17, 15) is 0 Å². The number of aromatic nitrogens is 1. The first-order chi connectivity index (χ1) is 8.77. The van der Waals surface area contributed by atoms with E-state index in [2.05, 4.69) is 95.0 Å². The Labute approximate surface area is 120 Å². The van der Waals surface area contributed by atoms with Crippen LogP contribution in [0.15, 0.2) is 60.8 Å². The van der Waals surface area contributed by atoms with Crippen LogP contribution in [-0.2, 0) is 7.05 Å². The maximum Gasteiger partial charge on any atom is 0.221 e. The Hall–Kier alpha value is -1.42. The molecule has 2 aromatic carbocycles. The highest BCUT2D eigenvalue weighted by Crippen LogP contribution is 2.28. The summed E-state index contributed by atoms with van der Waals surface area (Å²) in [5.74, 6) is 0. The lowest BCUT2D eigenvalue weighted by molar-refractivity contribution is -0.659. The zero-order chi connectivity index (χ0) is 12.5. The summed E-state index contributed by atoms with van der Waals surface area (Å²) >= 11 is 2.40. The van der Waals surface area contributed by atoms with Crippen molar-refractivity contribution >= 4 is 33.4 Å². The third-order valence-corrected chi connectivity index (χ3v) is 4.12. The number of hydrogen-bond acceptors (Lipinski definition) is 0. The highest BCUT2D eigenvalue weighted by Gasteiger charge is 2.16. The van der Waals surface area contributed by atoms with Crippen LogP contribution in [0.3, 0.4) is 0 Å². The van der Waals surface area contributed by atoms with Crippen molar-refractivity contribution in [3.8, 4) is 11.3 Å². The number of halogens is 1. The fraction of sp³-hybridized carbons (Fsp3) is 0.0625. The van der Waals surface area contributed by atoms with Crippen LogP contribution in [0.4, 0.5) is 0 Å². The van der Waals surface area contributed by atoms with Gasteiger partial charge in [0.05, 0.1) is 10.9 Å². The van der Waals surface area contributed by atoms with Gasteiger partial charge in [-0.15, -0.1) is 0 Å². The number of nitrogens with zero attached hydrogens (tertiary/aromatic N) is 1. The number of hydrogen-bond donors (Lipinski definition) is 0. The lowest BCUT2D eigenvalue weighted by Crippen LogP contribution is -2.30. The smallest absolute Gasteiger partial charge is 0.200 e. The second-order valence-corrected chi connectivity index (χ2v) is 5.50. The largest absolute Gasteiger partial charge is 0.221 e. The van der Waals surface area contributed by atoms with Crippen LogP contribution < -0.4 is 4.57 Å². The van der Waals surface area contributed by atoms with Crippen molar-refractivity contribution in [3.05, 3.63) is 64.4 Å². The molecule has 1 nitrogen and oxygen atoms in total. The maximum absolute atomic E-state index is 2.40. The molecule has 0 saturated heterocycles. The SMILES string of the molecule is C[n+]1ccc2ccccc2c1-c1ccccc1I. The molecule has 1 heterocycles. The van der Waals surface area contributed by atoms with Crippen molar-refractivity contribution in [2.24, 2.45) is 7.05 Å². The molecule has 0 spiro atoms. The van der Waals surface area contributed by atoms with Gasteiger partial charge in [0.25, 0.3) is 0 Å². The van der Waals surface area contributed by atoms with Crippen LogP contribution in [0.2, 0.25) is 0 Å². The average molecular weight is 346 g/mol. The topological polar surface area (TPSA) is 3.88 Å². The zero-order valence-electron chi connectivity index (χ0n) is 10.1. The highest BCUT2D eigenvalue weighted by molar-refractivity contribution is 14.1. The van der Waals surface area contributed by atoms with Crippen molar-refractivity contribution < 1.29 is 4.57 Å². The summed E-state index contributed by atoms with van der Waals surface area (Å²) in [4.78, 5) is 0. The molecular weight excluding hydrogens is 333 g/mol. The summed E-state index contributed by atoms with van der Waals surface area (Å²) in [6, 6.07) is 19.2. The molecular formula is C16H13IN+. The van der Waals surface area contributed by atoms with E-state index in [1.165, 1.54) is 25.6 Å². The molecule has 0 saturated carbocycles. The van der Waals surface area contributed by atoms with Crippen molar-refractivity contribution in [2.45, 2.75) is 0 Å². The van der Waals surface area contributed by atoms with Crippen LogP contribution in [0, 0.1) is 3.57 Å². The molecule has 0 aliphatic rings. The standard InChI is InChI=1S/C16H13IN/c1-18-11-10-12-6-2-3-7-13(12)16(18)14-8-4-5-9-15(14)17/h2-11H,1H3/q+1. The molecule has 0 N–H and O–H groups in total. The first-order valence-corrected chi connectivity index (χ1v) is 6.97. The Kier molecular flexibility index (Phi) is 3.04. The summed E-state index contributed by atoms with van der Waals surface area (Å²) < 4.78 is 3.47. The van der Waals surface area contributed by atoms with E-state index < -0.39 is 0 Å². The summed E-state index contributed by atoms with van der Waals surface area (Å²) in [6.07, 6.45) is 2.13. The second kappa shape index (κ2) is 4.69. The predicted molar refractivity (Wildman–Crippen MR) is 83.3 cm³/mol. The molecule has 3 rings (SSSR count). The van der Waals surface area contributed by atoms with Gasteiger partial charge in [0.2, 0.25) is 5.69 Å². The molecule has 0 amide bonds. The minimum absolute atomic E-state index is 1.28. The van der Waals surface area contributed by atoms with Crippen LogP contribution in [-0.4, -0.2) is 0 Å².